The molecule has 0 aliphatic carbocycles. The largest absolute Gasteiger partial charge is 0.354 e. The third kappa shape index (κ3) is 0.983. The highest BCUT2D eigenvalue weighted by atomic mass is 79.9. The Kier molecular flexibility index (Phi) is 1.41. The zero-order valence-corrected chi connectivity index (χ0v) is 8.50. The van der Waals surface area contributed by atoms with Crippen molar-refractivity contribution in [2.45, 2.75) is 6.54 Å². The van der Waals surface area contributed by atoms with E-state index in [-0.39, 0.29) is 0 Å². The average Bonchev–Trinajstić information content (AvgIpc) is 2.62. The number of fused-ring (bicyclic) bond motifs is 3. The van der Waals surface area contributed by atoms with Crippen LogP contribution in [0.1, 0.15) is 0 Å². The van der Waals surface area contributed by atoms with E-state index in [1.807, 2.05) is 6.07 Å². The Labute approximate surface area is 83.9 Å². The Morgan fingerprint density at radius 1 is 1.46 bits per heavy atom. The number of rotatable bonds is 0. The van der Waals surface area contributed by atoms with E-state index in [4.69, 9.17) is 0 Å². The van der Waals surface area contributed by atoms with Crippen molar-refractivity contribution in [2.75, 3.05) is 11.9 Å². The fraction of sp³-hybridized carbons (Fsp3) is 0.222. The van der Waals surface area contributed by atoms with Crippen molar-refractivity contribution in [2.24, 2.45) is 0 Å². The highest BCUT2D eigenvalue weighted by Gasteiger charge is 2.14. The monoisotopic (exact) mass is 237 g/mol. The number of anilines is 1. The zero-order valence-electron chi connectivity index (χ0n) is 6.92. The first-order valence-corrected chi connectivity index (χ1v) is 5.03. The first-order valence-electron chi connectivity index (χ1n) is 4.24. The number of hydrogen-bond donors (Lipinski definition) is 1. The quantitative estimate of drug-likeness (QED) is 0.762. The highest BCUT2D eigenvalue weighted by Crippen LogP contribution is 2.25. The molecule has 1 aliphatic heterocycles. The minimum absolute atomic E-state index is 0.994. The van der Waals surface area contributed by atoms with Gasteiger partial charge in [0.25, 0.3) is 0 Å². The summed E-state index contributed by atoms with van der Waals surface area (Å²) in [7, 11) is 0. The maximum atomic E-state index is 4.48. The van der Waals surface area contributed by atoms with E-state index in [2.05, 4.69) is 42.9 Å². The molecule has 1 N–H and O–H groups in total. The molecule has 0 atom stereocenters. The molecule has 66 valence electrons. The van der Waals surface area contributed by atoms with E-state index in [0.29, 0.717) is 0 Å². The molecule has 0 bridgehead atoms. The number of imidazole rings is 1. The molecule has 3 nitrogen and oxygen atoms in total. The van der Waals surface area contributed by atoms with Crippen LogP contribution in [0, 0.1) is 0 Å². The molecule has 0 unspecified atom stereocenters. The van der Waals surface area contributed by atoms with Gasteiger partial charge in [-0.05, 0) is 18.2 Å². The van der Waals surface area contributed by atoms with Crippen LogP contribution in [0.2, 0.25) is 0 Å². The van der Waals surface area contributed by atoms with E-state index in [0.717, 1.165) is 29.0 Å². The number of nitrogens with one attached hydrogen (secondary N) is 1. The third-order valence-corrected chi connectivity index (χ3v) is 2.82. The fourth-order valence-corrected chi connectivity index (χ4v) is 2.09. The van der Waals surface area contributed by atoms with Gasteiger partial charge in [0, 0.05) is 17.6 Å². The number of nitrogens with zero attached hydrogens (tertiary/aromatic N) is 2. The first kappa shape index (κ1) is 7.38. The van der Waals surface area contributed by atoms with Crippen molar-refractivity contribution >= 4 is 32.9 Å². The van der Waals surface area contributed by atoms with Gasteiger partial charge in [-0.3, -0.25) is 0 Å². The zero-order chi connectivity index (χ0) is 8.84. The summed E-state index contributed by atoms with van der Waals surface area (Å²) in [5.74, 6) is 0.994. The fourth-order valence-electron chi connectivity index (χ4n) is 1.74. The SMILES string of the molecule is Brc1ccc2c(c1)nc1n2CCN1. The van der Waals surface area contributed by atoms with Gasteiger partial charge in [0.1, 0.15) is 0 Å². The summed E-state index contributed by atoms with van der Waals surface area (Å²) in [5.41, 5.74) is 2.26. The normalized spacial score (nSPS) is 14.5. The lowest BCUT2D eigenvalue weighted by Gasteiger charge is -1.95. The highest BCUT2D eigenvalue weighted by molar-refractivity contribution is 9.10. The summed E-state index contributed by atoms with van der Waals surface area (Å²) >= 11 is 3.44. The van der Waals surface area contributed by atoms with Crippen molar-refractivity contribution < 1.29 is 0 Å². The molecule has 0 spiro atoms. The summed E-state index contributed by atoms with van der Waals surface area (Å²) in [6, 6.07) is 6.20. The Bertz CT molecular complexity index is 475. The molecule has 0 fully saturated rings. The molecule has 0 radical (unpaired) electrons. The van der Waals surface area contributed by atoms with Gasteiger partial charge in [-0.25, -0.2) is 4.98 Å². The Morgan fingerprint density at radius 3 is 3.31 bits per heavy atom. The van der Waals surface area contributed by atoms with Crippen LogP contribution in [-0.4, -0.2) is 16.1 Å². The molecule has 1 aromatic carbocycles. The van der Waals surface area contributed by atoms with Crippen molar-refractivity contribution in [3.63, 3.8) is 0 Å². The van der Waals surface area contributed by atoms with E-state index in [1.165, 1.54) is 5.52 Å². The second kappa shape index (κ2) is 2.48. The molecular formula is C9H8BrN3. The van der Waals surface area contributed by atoms with Crippen LogP contribution in [0.5, 0.6) is 0 Å². The molecule has 0 saturated heterocycles. The summed E-state index contributed by atoms with van der Waals surface area (Å²) < 4.78 is 3.29. The molecular weight excluding hydrogens is 230 g/mol. The minimum Gasteiger partial charge on any atom is -0.354 e. The maximum Gasteiger partial charge on any atom is 0.204 e. The average molecular weight is 238 g/mol. The molecule has 2 heterocycles. The van der Waals surface area contributed by atoms with Crippen LogP contribution in [-0.2, 0) is 6.54 Å². The molecule has 0 amide bonds. The second-order valence-electron chi connectivity index (χ2n) is 3.15. The van der Waals surface area contributed by atoms with Gasteiger partial charge < -0.3 is 9.88 Å². The standard InChI is InChI=1S/C9H8BrN3/c10-6-1-2-8-7(5-6)12-9-11-3-4-13(8)9/h1-2,5H,3-4H2,(H,11,12). The number of hydrogen-bond acceptors (Lipinski definition) is 2. The van der Waals surface area contributed by atoms with E-state index >= 15 is 0 Å². The molecule has 1 aliphatic rings. The summed E-state index contributed by atoms with van der Waals surface area (Å²) in [6.07, 6.45) is 0. The Morgan fingerprint density at radius 2 is 2.38 bits per heavy atom. The lowest BCUT2D eigenvalue weighted by atomic mass is 10.3. The predicted octanol–water partition coefficient (Wildman–Crippen LogP) is 2.22. The number of halogens is 1. The van der Waals surface area contributed by atoms with E-state index in [9.17, 15) is 0 Å². The van der Waals surface area contributed by atoms with Crippen LogP contribution >= 0.6 is 15.9 Å². The molecule has 1 aromatic heterocycles. The number of benzene rings is 1. The summed E-state index contributed by atoms with van der Waals surface area (Å²) in [6.45, 7) is 2.02. The van der Waals surface area contributed by atoms with Crippen molar-refractivity contribution in [1.82, 2.24) is 9.55 Å². The van der Waals surface area contributed by atoms with Gasteiger partial charge in [0.2, 0.25) is 5.95 Å². The lowest BCUT2D eigenvalue weighted by Crippen LogP contribution is -1.94. The van der Waals surface area contributed by atoms with Crippen LogP contribution in [0.15, 0.2) is 22.7 Å². The van der Waals surface area contributed by atoms with Crippen molar-refractivity contribution in [1.29, 1.82) is 0 Å². The van der Waals surface area contributed by atoms with Gasteiger partial charge in [-0.2, -0.15) is 0 Å². The molecule has 13 heavy (non-hydrogen) atoms. The predicted molar refractivity (Wildman–Crippen MR) is 55.9 cm³/mol. The van der Waals surface area contributed by atoms with E-state index < -0.39 is 0 Å². The van der Waals surface area contributed by atoms with Gasteiger partial charge in [-0.15, -0.1) is 0 Å². The first-order chi connectivity index (χ1) is 6.34. The Hall–Kier alpha value is -1.03. The molecule has 3 rings (SSSR count). The maximum absolute atomic E-state index is 4.48. The molecule has 0 saturated carbocycles. The Balaban J connectivity index is 2.38. The third-order valence-electron chi connectivity index (χ3n) is 2.33. The van der Waals surface area contributed by atoms with Crippen LogP contribution in [0.4, 0.5) is 5.95 Å². The smallest absolute Gasteiger partial charge is 0.204 e. The van der Waals surface area contributed by atoms with Gasteiger partial charge >= 0.3 is 0 Å². The summed E-state index contributed by atoms with van der Waals surface area (Å²) in [5, 5.41) is 3.25. The summed E-state index contributed by atoms with van der Waals surface area (Å²) in [4.78, 5) is 4.48. The lowest BCUT2D eigenvalue weighted by molar-refractivity contribution is 0.837. The minimum atomic E-state index is 0.994. The van der Waals surface area contributed by atoms with E-state index in [1.54, 1.807) is 0 Å². The van der Waals surface area contributed by atoms with Crippen LogP contribution < -0.4 is 5.32 Å². The van der Waals surface area contributed by atoms with Gasteiger partial charge in [-0.1, -0.05) is 15.9 Å². The van der Waals surface area contributed by atoms with Crippen LogP contribution in [0.3, 0.4) is 0 Å². The number of aromatic nitrogens is 2. The van der Waals surface area contributed by atoms with Crippen LogP contribution in [0.25, 0.3) is 11.0 Å². The van der Waals surface area contributed by atoms with Gasteiger partial charge in [0.05, 0.1) is 11.0 Å². The van der Waals surface area contributed by atoms with Gasteiger partial charge in [0.15, 0.2) is 0 Å². The van der Waals surface area contributed by atoms with Crippen molar-refractivity contribution in [3.8, 4) is 0 Å². The molecule has 2 aromatic rings. The second-order valence-corrected chi connectivity index (χ2v) is 4.06. The molecule has 4 heteroatoms. The van der Waals surface area contributed by atoms with Crippen molar-refractivity contribution in [3.05, 3.63) is 22.7 Å². The topological polar surface area (TPSA) is 29.9 Å².